The second kappa shape index (κ2) is 6.98. The monoisotopic (exact) mass is 428 g/mol. The molecule has 0 bridgehead atoms. The van der Waals surface area contributed by atoms with E-state index in [0.717, 1.165) is 16.1 Å². The highest BCUT2D eigenvalue weighted by Crippen LogP contribution is 2.34. The topological polar surface area (TPSA) is 125 Å². The van der Waals surface area contributed by atoms with Crippen molar-refractivity contribution in [2.24, 2.45) is 0 Å². The summed E-state index contributed by atoms with van der Waals surface area (Å²) in [6.45, 7) is 3.43. The first-order valence-corrected chi connectivity index (χ1v) is 10.9. The molecule has 0 aliphatic rings. The van der Waals surface area contributed by atoms with Crippen LogP contribution in [0.4, 0.5) is 5.13 Å². The van der Waals surface area contributed by atoms with Gasteiger partial charge in [-0.1, -0.05) is 41.7 Å². The molecule has 3 N–H and O–H groups in total. The molecule has 0 radical (unpaired) electrons. The van der Waals surface area contributed by atoms with E-state index in [1.807, 2.05) is 37.3 Å². The molecule has 8 nitrogen and oxygen atoms in total. The molecule has 2 aromatic heterocycles. The molecule has 10 heteroatoms. The van der Waals surface area contributed by atoms with Gasteiger partial charge < -0.3 is 9.97 Å². The van der Waals surface area contributed by atoms with Gasteiger partial charge in [0, 0.05) is 0 Å². The highest BCUT2D eigenvalue weighted by atomic mass is 32.2. The third-order valence-corrected chi connectivity index (χ3v) is 7.09. The second-order valence-corrected chi connectivity index (χ2v) is 9.13. The molecule has 4 aromatic rings. The number of rotatable bonds is 4. The van der Waals surface area contributed by atoms with Crippen molar-refractivity contribution in [1.29, 1.82) is 0 Å². The maximum atomic E-state index is 13.0. The zero-order valence-electron chi connectivity index (χ0n) is 15.4. The van der Waals surface area contributed by atoms with Gasteiger partial charge in [-0.15, -0.1) is 0 Å². The van der Waals surface area contributed by atoms with Crippen LogP contribution in [0.3, 0.4) is 0 Å². The molecule has 148 valence electrons. The van der Waals surface area contributed by atoms with Gasteiger partial charge in [-0.3, -0.25) is 14.3 Å². The highest BCUT2D eigenvalue weighted by molar-refractivity contribution is 7.93. The van der Waals surface area contributed by atoms with Crippen LogP contribution in [0.2, 0.25) is 0 Å². The molecule has 2 aromatic carbocycles. The van der Waals surface area contributed by atoms with E-state index in [0.29, 0.717) is 11.1 Å². The number of fused-ring (bicyclic) bond motifs is 1. The van der Waals surface area contributed by atoms with Crippen molar-refractivity contribution in [3.63, 3.8) is 0 Å². The van der Waals surface area contributed by atoms with Gasteiger partial charge in [-0.05, 0) is 37.1 Å². The third kappa shape index (κ3) is 3.59. The van der Waals surface area contributed by atoms with Gasteiger partial charge in [-0.25, -0.2) is 13.4 Å². The van der Waals surface area contributed by atoms with Gasteiger partial charge in [0.2, 0.25) is 0 Å². The summed E-state index contributed by atoms with van der Waals surface area (Å²) in [5.41, 5.74) is 1.03. The fourth-order valence-electron chi connectivity index (χ4n) is 3.01. The number of hydrogen-bond acceptors (Lipinski definition) is 6. The van der Waals surface area contributed by atoms with Gasteiger partial charge in [-0.2, -0.15) is 0 Å². The smallest absolute Gasteiger partial charge is 0.314 e. The van der Waals surface area contributed by atoms with Gasteiger partial charge in [0.15, 0.2) is 5.13 Å². The molecule has 0 fully saturated rings. The van der Waals surface area contributed by atoms with E-state index >= 15 is 0 Å². The van der Waals surface area contributed by atoms with Crippen molar-refractivity contribution < 1.29 is 8.42 Å². The summed E-state index contributed by atoms with van der Waals surface area (Å²) in [6, 6.07) is 12.4. The zero-order chi connectivity index (χ0) is 20.8. The molecule has 4 rings (SSSR count). The Balaban J connectivity index is 1.75. The Morgan fingerprint density at radius 2 is 1.59 bits per heavy atom. The summed E-state index contributed by atoms with van der Waals surface area (Å²) in [5.74, 6) is 0. The van der Waals surface area contributed by atoms with E-state index in [9.17, 15) is 18.0 Å². The van der Waals surface area contributed by atoms with Crippen LogP contribution >= 0.6 is 11.3 Å². The third-order valence-electron chi connectivity index (χ3n) is 4.36. The summed E-state index contributed by atoms with van der Waals surface area (Å²) in [6.07, 6.45) is 0. The molecule has 0 aliphatic carbocycles. The number of sulfonamides is 1. The SMILES string of the molecule is Cc1cc2[nH]c(=O)c(=O)[nH]c2cc1S(=O)(=O)Nc1nc(C)c(-c2ccccc2)s1. The van der Waals surface area contributed by atoms with E-state index in [2.05, 4.69) is 19.7 Å². The molecular formula is C19H16N4O4S2. The molecule has 0 atom stereocenters. The maximum absolute atomic E-state index is 13.0. The Morgan fingerprint density at radius 1 is 0.966 bits per heavy atom. The molecule has 0 saturated heterocycles. The quantitative estimate of drug-likeness (QED) is 0.431. The van der Waals surface area contributed by atoms with Crippen molar-refractivity contribution >= 4 is 37.5 Å². The van der Waals surface area contributed by atoms with E-state index in [1.165, 1.54) is 23.5 Å². The molecular weight excluding hydrogens is 412 g/mol. The Hall–Kier alpha value is -3.24. The van der Waals surface area contributed by atoms with Crippen molar-refractivity contribution in [2.75, 3.05) is 4.72 Å². The molecule has 2 heterocycles. The summed E-state index contributed by atoms with van der Waals surface area (Å²) in [7, 11) is -3.96. The molecule has 0 amide bonds. The van der Waals surface area contributed by atoms with E-state index in [-0.39, 0.29) is 15.5 Å². The molecule has 29 heavy (non-hydrogen) atoms. The van der Waals surface area contributed by atoms with Crippen molar-refractivity contribution in [3.05, 3.63) is 74.4 Å². The fourth-order valence-corrected chi connectivity index (χ4v) is 5.47. The van der Waals surface area contributed by atoms with Crippen LogP contribution in [-0.4, -0.2) is 23.4 Å². The lowest BCUT2D eigenvalue weighted by atomic mass is 10.2. The first-order chi connectivity index (χ1) is 13.7. The van der Waals surface area contributed by atoms with Crippen LogP contribution in [-0.2, 0) is 10.0 Å². The Morgan fingerprint density at radius 3 is 2.24 bits per heavy atom. The van der Waals surface area contributed by atoms with E-state index < -0.39 is 21.1 Å². The number of aromatic amines is 2. The summed E-state index contributed by atoms with van der Waals surface area (Å²) in [5, 5.41) is 0.246. The van der Waals surface area contributed by atoms with Crippen molar-refractivity contribution in [3.8, 4) is 10.4 Å². The van der Waals surface area contributed by atoms with E-state index in [4.69, 9.17) is 0 Å². The maximum Gasteiger partial charge on any atom is 0.314 e. The van der Waals surface area contributed by atoms with Gasteiger partial charge >= 0.3 is 11.1 Å². The lowest BCUT2D eigenvalue weighted by Crippen LogP contribution is -2.29. The van der Waals surface area contributed by atoms with Crippen LogP contribution < -0.4 is 15.8 Å². The number of H-pyrrole nitrogens is 2. The fraction of sp³-hybridized carbons (Fsp3) is 0.105. The molecule has 0 aliphatic heterocycles. The molecule has 0 unspecified atom stereocenters. The normalized spacial score (nSPS) is 11.7. The average molecular weight is 428 g/mol. The number of aromatic nitrogens is 3. The number of benzene rings is 2. The predicted molar refractivity (Wildman–Crippen MR) is 113 cm³/mol. The lowest BCUT2D eigenvalue weighted by Gasteiger charge is -2.09. The molecule has 0 spiro atoms. The zero-order valence-corrected chi connectivity index (χ0v) is 17.1. The number of thiazole rings is 1. The average Bonchev–Trinajstić information content (AvgIpc) is 3.02. The standard InChI is InChI=1S/C19H16N4O4S2/c1-10-8-13-14(22-18(25)17(24)21-13)9-15(10)29(26,27)23-19-20-11(2)16(28-19)12-6-4-3-5-7-12/h3-9H,1-2H3,(H,20,23)(H,21,24)(H,22,25). The number of anilines is 1. The predicted octanol–water partition coefficient (Wildman–Crippen LogP) is 2.76. The summed E-state index contributed by atoms with van der Waals surface area (Å²) in [4.78, 5) is 33.1. The largest absolute Gasteiger partial charge is 0.316 e. The van der Waals surface area contributed by atoms with Crippen LogP contribution in [0.15, 0.2) is 56.9 Å². The Kier molecular flexibility index (Phi) is 4.59. The van der Waals surface area contributed by atoms with Crippen molar-refractivity contribution in [1.82, 2.24) is 15.0 Å². The minimum atomic E-state index is -3.96. The Bertz CT molecular complexity index is 1450. The summed E-state index contributed by atoms with van der Waals surface area (Å²) >= 11 is 1.24. The minimum Gasteiger partial charge on any atom is -0.316 e. The van der Waals surface area contributed by atoms with Crippen LogP contribution in [0.1, 0.15) is 11.3 Å². The molecule has 0 saturated carbocycles. The number of aryl methyl sites for hydroxylation is 2. The van der Waals surface area contributed by atoms with Crippen LogP contribution in [0, 0.1) is 13.8 Å². The van der Waals surface area contributed by atoms with Gasteiger partial charge in [0.05, 0.1) is 26.5 Å². The number of nitrogens with zero attached hydrogens (tertiary/aromatic N) is 1. The lowest BCUT2D eigenvalue weighted by molar-refractivity contribution is 0.600. The highest BCUT2D eigenvalue weighted by Gasteiger charge is 2.21. The van der Waals surface area contributed by atoms with Crippen LogP contribution in [0.25, 0.3) is 21.5 Å². The number of nitrogens with one attached hydrogen (secondary N) is 3. The second-order valence-electron chi connectivity index (χ2n) is 6.48. The van der Waals surface area contributed by atoms with Gasteiger partial charge in [0.25, 0.3) is 10.0 Å². The van der Waals surface area contributed by atoms with Crippen molar-refractivity contribution in [2.45, 2.75) is 18.7 Å². The van der Waals surface area contributed by atoms with Gasteiger partial charge in [0.1, 0.15) is 0 Å². The minimum absolute atomic E-state index is 0.0122. The number of hydrogen-bond donors (Lipinski definition) is 3. The first kappa shape index (κ1) is 19.1. The summed E-state index contributed by atoms with van der Waals surface area (Å²) < 4.78 is 28.4. The Labute approximate surface area is 169 Å². The first-order valence-electron chi connectivity index (χ1n) is 8.57. The van der Waals surface area contributed by atoms with E-state index in [1.54, 1.807) is 6.92 Å². The van der Waals surface area contributed by atoms with Crippen LogP contribution in [0.5, 0.6) is 0 Å².